The lowest BCUT2D eigenvalue weighted by molar-refractivity contribution is -0.0592. The van der Waals surface area contributed by atoms with Gasteiger partial charge in [0.25, 0.3) is 0 Å². The standard InChI is InChI=1S/C31H30ClFN8O2/c1-19-36-29(39-38-19)22-13-27-30(35-15-22)41(16-24-8-12-42-24)28(37-27)17-40-10-6-20(7-11-40)25-3-2-9-34-31(25)43-18-21-4-5-23(32)14-26(21)33/h2-6,9,13-15,24H,7-8,10-12,16-18H2,1H3,(H,36,38,39). The molecule has 12 heteroatoms. The predicted molar refractivity (Wildman–Crippen MR) is 160 cm³/mol. The average Bonchev–Trinajstić information content (AvgIpc) is 3.57. The van der Waals surface area contributed by atoms with Crippen molar-refractivity contribution in [2.75, 3.05) is 19.7 Å². The van der Waals surface area contributed by atoms with Gasteiger partial charge in [0.2, 0.25) is 5.88 Å². The van der Waals surface area contributed by atoms with Crippen LogP contribution in [0.15, 0.2) is 54.9 Å². The molecule has 0 aliphatic carbocycles. The Kier molecular flexibility index (Phi) is 7.60. The molecule has 1 unspecified atom stereocenters. The summed E-state index contributed by atoms with van der Waals surface area (Å²) in [6, 6.07) is 10.5. The molecular weight excluding hydrogens is 571 g/mol. The van der Waals surface area contributed by atoms with Crippen molar-refractivity contribution in [1.82, 2.24) is 39.6 Å². The van der Waals surface area contributed by atoms with Gasteiger partial charge >= 0.3 is 0 Å². The van der Waals surface area contributed by atoms with Crippen molar-refractivity contribution in [2.24, 2.45) is 0 Å². The van der Waals surface area contributed by atoms with Gasteiger partial charge in [-0.1, -0.05) is 23.7 Å². The molecule has 43 heavy (non-hydrogen) atoms. The summed E-state index contributed by atoms with van der Waals surface area (Å²) in [5.74, 6) is 2.40. The summed E-state index contributed by atoms with van der Waals surface area (Å²) in [4.78, 5) is 21.0. The van der Waals surface area contributed by atoms with Crippen LogP contribution in [0.4, 0.5) is 4.39 Å². The maximum absolute atomic E-state index is 14.3. The van der Waals surface area contributed by atoms with Gasteiger partial charge in [-0.25, -0.2) is 24.3 Å². The van der Waals surface area contributed by atoms with E-state index in [2.05, 4.69) is 35.7 Å². The van der Waals surface area contributed by atoms with Crippen molar-refractivity contribution >= 4 is 28.3 Å². The lowest BCUT2D eigenvalue weighted by Gasteiger charge is -2.29. The molecule has 0 bridgehead atoms. The molecule has 10 nitrogen and oxygen atoms in total. The van der Waals surface area contributed by atoms with Gasteiger partial charge in [-0.05, 0) is 55.7 Å². The van der Waals surface area contributed by atoms with Crippen LogP contribution in [0, 0.1) is 12.7 Å². The van der Waals surface area contributed by atoms with E-state index < -0.39 is 5.82 Å². The zero-order valence-electron chi connectivity index (χ0n) is 23.6. The highest BCUT2D eigenvalue weighted by molar-refractivity contribution is 6.30. The van der Waals surface area contributed by atoms with E-state index in [-0.39, 0.29) is 12.7 Å². The molecule has 6 heterocycles. The predicted octanol–water partition coefficient (Wildman–Crippen LogP) is 5.37. The quantitative estimate of drug-likeness (QED) is 0.241. The zero-order chi connectivity index (χ0) is 29.3. The number of rotatable bonds is 9. The van der Waals surface area contributed by atoms with Gasteiger partial charge in [-0.3, -0.25) is 10.00 Å². The topological polar surface area (TPSA) is 107 Å². The average molecular weight is 601 g/mol. The molecule has 2 aliphatic rings. The minimum absolute atomic E-state index is 0.0684. The second-order valence-electron chi connectivity index (χ2n) is 10.8. The summed E-state index contributed by atoms with van der Waals surface area (Å²) in [5, 5.41) is 7.52. The molecule has 220 valence electrons. The minimum Gasteiger partial charge on any atom is -0.472 e. The van der Waals surface area contributed by atoms with E-state index in [9.17, 15) is 4.39 Å². The number of aryl methyl sites for hydroxylation is 1. The number of benzene rings is 1. The summed E-state index contributed by atoms with van der Waals surface area (Å²) in [6.45, 7) is 5.71. The van der Waals surface area contributed by atoms with E-state index >= 15 is 0 Å². The molecule has 5 aromatic rings. The fourth-order valence-electron chi connectivity index (χ4n) is 5.43. The van der Waals surface area contributed by atoms with E-state index in [4.69, 9.17) is 31.0 Å². The van der Waals surface area contributed by atoms with Crippen LogP contribution in [0.25, 0.3) is 28.1 Å². The third-order valence-corrected chi connectivity index (χ3v) is 8.09. The van der Waals surface area contributed by atoms with Gasteiger partial charge in [-0.2, -0.15) is 5.10 Å². The number of hydrogen-bond donors (Lipinski definition) is 1. The highest BCUT2D eigenvalue weighted by atomic mass is 35.5. The fraction of sp³-hybridized carbons (Fsp3) is 0.323. The van der Waals surface area contributed by atoms with Crippen molar-refractivity contribution in [1.29, 1.82) is 0 Å². The molecule has 1 saturated heterocycles. The first-order valence-corrected chi connectivity index (χ1v) is 14.7. The number of hydrogen-bond acceptors (Lipinski definition) is 8. The van der Waals surface area contributed by atoms with Crippen LogP contribution >= 0.6 is 11.6 Å². The molecule has 0 spiro atoms. The number of imidazole rings is 1. The molecule has 1 N–H and O–H groups in total. The van der Waals surface area contributed by atoms with E-state index in [1.165, 1.54) is 6.07 Å². The summed E-state index contributed by atoms with van der Waals surface area (Å²) >= 11 is 5.89. The molecule has 7 rings (SSSR count). The van der Waals surface area contributed by atoms with E-state index in [1.54, 1.807) is 24.5 Å². The Balaban J connectivity index is 1.09. The Morgan fingerprint density at radius 1 is 1.19 bits per heavy atom. The first-order chi connectivity index (χ1) is 21.0. The number of nitrogens with one attached hydrogen (secondary N) is 1. The van der Waals surface area contributed by atoms with Gasteiger partial charge in [-0.15, -0.1) is 0 Å². The van der Waals surface area contributed by atoms with Gasteiger partial charge in [0, 0.05) is 53.8 Å². The number of pyridine rings is 2. The summed E-state index contributed by atoms with van der Waals surface area (Å²) in [6.07, 6.45) is 7.72. The number of aromatic amines is 1. The van der Waals surface area contributed by atoms with Gasteiger partial charge < -0.3 is 14.0 Å². The van der Waals surface area contributed by atoms with Crippen LogP contribution in [0.1, 0.15) is 35.6 Å². The van der Waals surface area contributed by atoms with Gasteiger partial charge in [0.1, 0.15) is 29.6 Å². The first-order valence-electron chi connectivity index (χ1n) is 14.3. The Bertz CT molecular complexity index is 1810. The summed E-state index contributed by atoms with van der Waals surface area (Å²) in [5.41, 5.74) is 4.98. The minimum atomic E-state index is -0.397. The van der Waals surface area contributed by atoms with Gasteiger partial charge in [0.15, 0.2) is 11.5 Å². The van der Waals surface area contributed by atoms with Crippen molar-refractivity contribution in [2.45, 2.75) is 45.6 Å². The maximum Gasteiger partial charge on any atom is 0.221 e. The Hall–Kier alpha value is -4.19. The normalized spacial score (nSPS) is 17.2. The SMILES string of the molecule is Cc1nc(-c2cnc3c(c2)nc(CN2CC=C(c4cccnc4OCc4ccc(Cl)cc4F)CC2)n3CC2CCO2)n[nH]1. The number of H-pyrrole nitrogens is 1. The second-order valence-corrected chi connectivity index (χ2v) is 11.3. The number of aromatic nitrogens is 7. The van der Waals surface area contributed by atoms with Crippen LogP contribution in [-0.4, -0.2) is 65.4 Å². The Labute approximate surface area is 252 Å². The van der Waals surface area contributed by atoms with Crippen LogP contribution < -0.4 is 4.74 Å². The molecule has 1 aromatic carbocycles. The number of fused-ring (bicyclic) bond motifs is 1. The highest BCUT2D eigenvalue weighted by Crippen LogP contribution is 2.31. The summed E-state index contributed by atoms with van der Waals surface area (Å²) in [7, 11) is 0. The van der Waals surface area contributed by atoms with E-state index in [0.717, 1.165) is 78.6 Å². The fourth-order valence-corrected chi connectivity index (χ4v) is 5.59. The smallest absolute Gasteiger partial charge is 0.221 e. The van der Waals surface area contributed by atoms with E-state index in [1.807, 2.05) is 25.1 Å². The van der Waals surface area contributed by atoms with Crippen LogP contribution in [0.3, 0.4) is 0 Å². The Morgan fingerprint density at radius 2 is 2.09 bits per heavy atom. The molecule has 1 fully saturated rings. The first kappa shape index (κ1) is 27.6. The molecule has 0 amide bonds. The van der Waals surface area contributed by atoms with Crippen LogP contribution in [-0.2, 0) is 24.4 Å². The van der Waals surface area contributed by atoms with Crippen LogP contribution in [0.2, 0.25) is 5.02 Å². The number of nitrogens with zero attached hydrogens (tertiary/aromatic N) is 7. The maximum atomic E-state index is 14.3. The zero-order valence-corrected chi connectivity index (χ0v) is 24.4. The van der Waals surface area contributed by atoms with Crippen molar-refractivity contribution in [3.05, 3.63) is 88.5 Å². The van der Waals surface area contributed by atoms with Gasteiger partial charge in [0.05, 0.1) is 19.2 Å². The van der Waals surface area contributed by atoms with Crippen molar-refractivity contribution in [3.8, 4) is 17.3 Å². The van der Waals surface area contributed by atoms with E-state index in [0.29, 0.717) is 28.8 Å². The molecule has 0 saturated carbocycles. The lowest BCUT2D eigenvalue weighted by Crippen LogP contribution is -2.33. The Morgan fingerprint density at radius 3 is 2.84 bits per heavy atom. The molecule has 4 aromatic heterocycles. The lowest BCUT2D eigenvalue weighted by atomic mass is 10.0. The highest BCUT2D eigenvalue weighted by Gasteiger charge is 2.25. The molecule has 2 aliphatic heterocycles. The molecule has 0 radical (unpaired) electrons. The van der Waals surface area contributed by atoms with Crippen molar-refractivity contribution in [3.63, 3.8) is 0 Å². The molecular formula is C31H30ClFN8O2. The second kappa shape index (κ2) is 11.8. The third kappa shape index (κ3) is 5.88. The third-order valence-electron chi connectivity index (χ3n) is 7.85. The van der Waals surface area contributed by atoms with Crippen molar-refractivity contribution < 1.29 is 13.9 Å². The number of halogens is 2. The largest absolute Gasteiger partial charge is 0.472 e. The summed E-state index contributed by atoms with van der Waals surface area (Å²) < 4.78 is 28.2. The number of ether oxygens (including phenoxy) is 2. The van der Waals surface area contributed by atoms with Crippen LogP contribution in [0.5, 0.6) is 5.88 Å². The molecule has 1 atom stereocenters. The monoisotopic (exact) mass is 600 g/mol.